The minimum Gasteiger partial charge on any atom is -0.494 e. The SMILES string of the molecule is CCOc1ccc(NC(=O)NCc2cc(-c3ccccn3)n(C)n2)cc1. The van der Waals surface area contributed by atoms with E-state index in [1.807, 2.05) is 50.4 Å². The van der Waals surface area contributed by atoms with Gasteiger partial charge in [0.2, 0.25) is 0 Å². The normalized spacial score (nSPS) is 10.4. The third kappa shape index (κ3) is 4.38. The average molecular weight is 351 g/mol. The van der Waals surface area contributed by atoms with Crippen LogP contribution in [0, 0.1) is 0 Å². The van der Waals surface area contributed by atoms with Gasteiger partial charge in [-0.3, -0.25) is 9.67 Å². The van der Waals surface area contributed by atoms with Crippen molar-refractivity contribution in [2.45, 2.75) is 13.5 Å². The zero-order valence-corrected chi connectivity index (χ0v) is 14.8. The average Bonchev–Trinajstić information content (AvgIpc) is 3.03. The third-order valence-corrected chi connectivity index (χ3v) is 3.71. The first kappa shape index (κ1) is 17.5. The number of nitrogens with one attached hydrogen (secondary N) is 2. The van der Waals surface area contributed by atoms with Crippen LogP contribution in [0.2, 0.25) is 0 Å². The van der Waals surface area contributed by atoms with Gasteiger partial charge < -0.3 is 15.4 Å². The van der Waals surface area contributed by atoms with E-state index in [-0.39, 0.29) is 6.03 Å². The first-order valence-corrected chi connectivity index (χ1v) is 8.37. The second kappa shape index (κ2) is 8.15. The lowest BCUT2D eigenvalue weighted by Crippen LogP contribution is -2.28. The van der Waals surface area contributed by atoms with E-state index < -0.39 is 0 Å². The number of carbonyl (C=O) groups excluding carboxylic acids is 1. The molecule has 0 unspecified atom stereocenters. The van der Waals surface area contributed by atoms with Gasteiger partial charge in [-0.2, -0.15) is 5.10 Å². The first-order valence-electron chi connectivity index (χ1n) is 8.37. The maximum atomic E-state index is 12.1. The monoisotopic (exact) mass is 351 g/mol. The number of nitrogens with zero attached hydrogens (tertiary/aromatic N) is 3. The van der Waals surface area contributed by atoms with E-state index >= 15 is 0 Å². The van der Waals surface area contributed by atoms with Gasteiger partial charge in [-0.05, 0) is 49.4 Å². The summed E-state index contributed by atoms with van der Waals surface area (Å²) in [6.45, 7) is 2.86. The number of amides is 2. The van der Waals surface area contributed by atoms with Crippen molar-refractivity contribution < 1.29 is 9.53 Å². The number of ether oxygens (including phenoxy) is 1. The van der Waals surface area contributed by atoms with Crippen LogP contribution < -0.4 is 15.4 Å². The molecule has 1 aromatic carbocycles. The predicted molar refractivity (Wildman–Crippen MR) is 99.9 cm³/mol. The van der Waals surface area contributed by atoms with Gasteiger partial charge in [0.15, 0.2) is 0 Å². The highest BCUT2D eigenvalue weighted by molar-refractivity contribution is 5.89. The Bertz CT molecular complexity index is 859. The molecule has 0 radical (unpaired) electrons. The van der Waals surface area contributed by atoms with Crippen LogP contribution in [0.1, 0.15) is 12.6 Å². The summed E-state index contributed by atoms with van der Waals surface area (Å²) in [5.41, 5.74) is 3.19. The number of urea groups is 1. The maximum Gasteiger partial charge on any atom is 0.319 e. The molecule has 3 aromatic rings. The summed E-state index contributed by atoms with van der Waals surface area (Å²) in [5.74, 6) is 0.772. The fraction of sp³-hybridized carbons (Fsp3) is 0.211. The minimum atomic E-state index is -0.292. The number of rotatable bonds is 6. The molecule has 2 N–H and O–H groups in total. The molecular formula is C19H21N5O2. The van der Waals surface area contributed by atoms with E-state index in [0.29, 0.717) is 18.8 Å². The summed E-state index contributed by atoms with van der Waals surface area (Å²) in [4.78, 5) is 16.4. The smallest absolute Gasteiger partial charge is 0.319 e. The highest BCUT2D eigenvalue weighted by Crippen LogP contribution is 2.17. The number of benzene rings is 1. The fourth-order valence-electron chi connectivity index (χ4n) is 2.51. The molecule has 2 heterocycles. The van der Waals surface area contributed by atoms with E-state index in [1.54, 1.807) is 23.0 Å². The van der Waals surface area contributed by atoms with Gasteiger partial charge in [-0.1, -0.05) is 6.07 Å². The van der Waals surface area contributed by atoms with E-state index in [9.17, 15) is 4.79 Å². The van der Waals surface area contributed by atoms with Gasteiger partial charge in [-0.15, -0.1) is 0 Å². The zero-order chi connectivity index (χ0) is 18.4. The highest BCUT2D eigenvalue weighted by atomic mass is 16.5. The molecule has 2 amide bonds. The van der Waals surface area contributed by atoms with Crippen LogP contribution in [-0.4, -0.2) is 27.4 Å². The van der Waals surface area contributed by atoms with Crippen LogP contribution in [-0.2, 0) is 13.6 Å². The topological polar surface area (TPSA) is 81.1 Å². The minimum absolute atomic E-state index is 0.292. The van der Waals surface area contributed by atoms with Gasteiger partial charge in [0.1, 0.15) is 5.75 Å². The lowest BCUT2D eigenvalue weighted by Gasteiger charge is -2.08. The van der Waals surface area contributed by atoms with Crippen molar-refractivity contribution in [2.75, 3.05) is 11.9 Å². The molecule has 134 valence electrons. The molecule has 0 atom stereocenters. The predicted octanol–water partition coefficient (Wildman–Crippen LogP) is 3.20. The van der Waals surface area contributed by atoms with E-state index in [2.05, 4.69) is 20.7 Å². The molecule has 7 heteroatoms. The third-order valence-electron chi connectivity index (χ3n) is 3.71. The standard InChI is InChI=1S/C19H21N5O2/c1-3-26-16-9-7-14(8-10-16)22-19(25)21-13-15-12-18(24(2)23-15)17-6-4-5-11-20-17/h4-12H,3,13H2,1-2H3,(H2,21,22,25). The Hall–Kier alpha value is -3.35. The van der Waals surface area contributed by atoms with E-state index in [0.717, 1.165) is 22.8 Å². The van der Waals surface area contributed by atoms with Crippen LogP contribution in [0.3, 0.4) is 0 Å². The number of aromatic nitrogens is 3. The molecule has 0 aliphatic rings. The molecule has 3 rings (SSSR count). The molecule has 0 saturated heterocycles. The summed E-state index contributed by atoms with van der Waals surface area (Å²) in [6, 6.07) is 14.6. The number of carbonyl (C=O) groups is 1. The number of hydrogen-bond donors (Lipinski definition) is 2. The highest BCUT2D eigenvalue weighted by Gasteiger charge is 2.09. The Kier molecular flexibility index (Phi) is 5.48. The molecule has 0 spiro atoms. The number of hydrogen-bond acceptors (Lipinski definition) is 4. The summed E-state index contributed by atoms with van der Waals surface area (Å²) >= 11 is 0. The molecule has 0 saturated carbocycles. The Morgan fingerprint density at radius 2 is 2.00 bits per heavy atom. The van der Waals surface area contributed by atoms with Gasteiger partial charge >= 0.3 is 6.03 Å². The van der Waals surface area contributed by atoms with Crippen molar-refractivity contribution in [2.24, 2.45) is 7.05 Å². The van der Waals surface area contributed by atoms with Gasteiger partial charge in [-0.25, -0.2) is 4.79 Å². The lowest BCUT2D eigenvalue weighted by molar-refractivity contribution is 0.251. The number of aryl methyl sites for hydroxylation is 1. The molecule has 7 nitrogen and oxygen atoms in total. The first-order chi connectivity index (χ1) is 12.7. The number of anilines is 1. The van der Waals surface area contributed by atoms with Crippen molar-refractivity contribution in [3.05, 3.63) is 60.4 Å². The summed E-state index contributed by atoms with van der Waals surface area (Å²) in [6.07, 6.45) is 1.74. The lowest BCUT2D eigenvalue weighted by atomic mass is 10.2. The van der Waals surface area contributed by atoms with Crippen LogP contribution in [0.4, 0.5) is 10.5 Å². The van der Waals surface area contributed by atoms with Gasteiger partial charge in [0.05, 0.1) is 30.2 Å². The van der Waals surface area contributed by atoms with E-state index in [4.69, 9.17) is 4.74 Å². The fourth-order valence-corrected chi connectivity index (χ4v) is 2.51. The van der Waals surface area contributed by atoms with Crippen LogP contribution in [0.25, 0.3) is 11.4 Å². The van der Waals surface area contributed by atoms with E-state index in [1.165, 1.54) is 0 Å². The molecular weight excluding hydrogens is 330 g/mol. The largest absolute Gasteiger partial charge is 0.494 e. The zero-order valence-electron chi connectivity index (χ0n) is 14.8. The van der Waals surface area contributed by atoms with Crippen molar-refractivity contribution in [3.8, 4) is 17.1 Å². The van der Waals surface area contributed by atoms with Crippen molar-refractivity contribution in [1.29, 1.82) is 0 Å². The Morgan fingerprint density at radius 3 is 2.69 bits per heavy atom. The summed E-state index contributed by atoms with van der Waals surface area (Å²) in [7, 11) is 1.85. The van der Waals surface area contributed by atoms with Gasteiger partial charge in [0.25, 0.3) is 0 Å². The molecule has 0 fully saturated rings. The molecule has 0 aliphatic carbocycles. The quantitative estimate of drug-likeness (QED) is 0.714. The summed E-state index contributed by atoms with van der Waals surface area (Å²) in [5, 5.41) is 10.00. The Labute approximate surface area is 152 Å². The molecule has 26 heavy (non-hydrogen) atoms. The van der Waals surface area contributed by atoms with Crippen molar-refractivity contribution >= 4 is 11.7 Å². The van der Waals surface area contributed by atoms with Crippen LogP contribution in [0.15, 0.2) is 54.7 Å². The van der Waals surface area contributed by atoms with Crippen LogP contribution >= 0.6 is 0 Å². The molecule has 0 aliphatic heterocycles. The number of pyridine rings is 1. The second-order valence-electron chi connectivity index (χ2n) is 5.62. The Morgan fingerprint density at radius 1 is 1.19 bits per heavy atom. The molecule has 0 bridgehead atoms. The van der Waals surface area contributed by atoms with Gasteiger partial charge in [0, 0.05) is 18.9 Å². The van der Waals surface area contributed by atoms with Crippen LogP contribution in [0.5, 0.6) is 5.75 Å². The summed E-state index contributed by atoms with van der Waals surface area (Å²) < 4.78 is 7.13. The van der Waals surface area contributed by atoms with Crippen molar-refractivity contribution in [3.63, 3.8) is 0 Å². The second-order valence-corrected chi connectivity index (χ2v) is 5.62. The maximum absolute atomic E-state index is 12.1. The molecule has 2 aromatic heterocycles. The Balaban J connectivity index is 1.56. The van der Waals surface area contributed by atoms with Crippen molar-refractivity contribution in [1.82, 2.24) is 20.1 Å².